The molecule has 212 valence electrons. The monoisotopic (exact) mass is 510 g/mol. The molecule has 0 bridgehead atoms. The zero-order valence-corrected chi connectivity index (χ0v) is 23.9. The maximum absolute atomic E-state index is 11.1. The fourth-order valence-corrected chi connectivity index (χ4v) is 5.12. The van der Waals surface area contributed by atoms with Crippen molar-refractivity contribution >= 4 is 11.9 Å². The Labute approximate surface area is 222 Å². The molecule has 1 fully saturated rings. The smallest absolute Gasteiger partial charge is 0.305 e. The molecule has 6 heteroatoms. The van der Waals surface area contributed by atoms with Crippen molar-refractivity contribution in [1.29, 1.82) is 0 Å². The predicted molar refractivity (Wildman–Crippen MR) is 149 cm³/mol. The molecule has 0 radical (unpaired) electrons. The minimum absolute atomic E-state index is 0.0728. The van der Waals surface area contributed by atoms with E-state index in [4.69, 9.17) is 0 Å². The topological polar surface area (TPSA) is 59.1 Å². The Hall–Kier alpha value is -1.14. The van der Waals surface area contributed by atoms with Gasteiger partial charge in [0, 0.05) is 39.0 Å². The second-order valence-electron chi connectivity index (χ2n) is 10.7. The van der Waals surface area contributed by atoms with Crippen molar-refractivity contribution in [3.63, 3.8) is 0 Å². The molecule has 0 N–H and O–H groups in total. The molecule has 0 aliphatic carbocycles. The summed E-state index contributed by atoms with van der Waals surface area (Å²) in [5.74, 6) is -0.146. The lowest BCUT2D eigenvalue weighted by Gasteiger charge is -2.34. The molecule has 1 saturated heterocycles. The molecule has 1 rings (SSSR count). The zero-order valence-electron chi connectivity index (χ0n) is 23.9. The van der Waals surface area contributed by atoms with Crippen LogP contribution in [0.1, 0.15) is 128 Å². The first kappa shape index (κ1) is 32.9. The van der Waals surface area contributed by atoms with Crippen LogP contribution in [0, 0.1) is 0 Å². The van der Waals surface area contributed by atoms with Crippen molar-refractivity contribution in [3.05, 3.63) is 0 Å². The molecule has 1 heterocycles. The summed E-state index contributed by atoms with van der Waals surface area (Å²) in [6.07, 6.45) is 24.1. The highest BCUT2D eigenvalue weighted by Gasteiger charge is 2.15. The first-order chi connectivity index (χ1) is 17.7. The van der Waals surface area contributed by atoms with E-state index in [1.54, 1.807) is 0 Å². The van der Waals surface area contributed by atoms with Crippen molar-refractivity contribution in [1.82, 2.24) is 9.80 Å². The number of rotatable bonds is 24. The molecule has 1 aliphatic rings. The van der Waals surface area contributed by atoms with Gasteiger partial charge in [-0.3, -0.25) is 9.59 Å². The maximum Gasteiger partial charge on any atom is 0.305 e. The van der Waals surface area contributed by atoms with E-state index in [-0.39, 0.29) is 11.9 Å². The number of piperazine rings is 1. The molecule has 0 atom stereocenters. The van der Waals surface area contributed by atoms with Gasteiger partial charge in [-0.05, 0) is 38.8 Å². The number of hydrogen-bond donors (Lipinski definition) is 0. The highest BCUT2D eigenvalue weighted by atomic mass is 16.5. The van der Waals surface area contributed by atoms with Gasteiger partial charge >= 0.3 is 11.9 Å². The summed E-state index contributed by atoms with van der Waals surface area (Å²) in [6.45, 7) is 7.57. The van der Waals surface area contributed by atoms with Crippen molar-refractivity contribution in [2.75, 3.05) is 53.5 Å². The lowest BCUT2D eigenvalue weighted by Crippen LogP contribution is -2.46. The highest BCUT2D eigenvalue weighted by Crippen LogP contribution is 2.13. The molecule has 1 aliphatic heterocycles. The SMILES string of the molecule is COC(=O)CCCCCCCCCCCN1CCN(CCCCCCCCCCCC(=O)OC)CC1. The van der Waals surface area contributed by atoms with Gasteiger partial charge in [0.2, 0.25) is 0 Å². The third-order valence-corrected chi connectivity index (χ3v) is 7.63. The molecular formula is C30H58N2O4. The van der Waals surface area contributed by atoms with Crippen molar-refractivity contribution in [3.8, 4) is 0 Å². The fraction of sp³-hybridized carbons (Fsp3) is 0.933. The van der Waals surface area contributed by atoms with Crippen LogP contribution in [0.4, 0.5) is 0 Å². The number of carbonyl (C=O) groups is 2. The quantitative estimate of drug-likeness (QED) is 0.106. The number of carbonyl (C=O) groups excluding carboxylic acids is 2. The summed E-state index contributed by atoms with van der Waals surface area (Å²) in [5, 5.41) is 0. The van der Waals surface area contributed by atoms with Gasteiger partial charge in [-0.2, -0.15) is 0 Å². The van der Waals surface area contributed by atoms with Gasteiger partial charge in [-0.1, -0.05) is 89.9 Å². The van der Waals surface area contributed by atoms with Gasteiger partial charge in [0.25, 0.3) is 0 Å². The summed E-state index contributed by atoms with van der Waals surface area (Å²) >= 11 is 0. The Bertz CT molecular complexity index is 475. The van der Waals surface area contributed by atoms with Gasteiger partial charge < -0.3 is 19.3 Å². The number of hydrogen-bond acceptors (Lipinski definition) is 6. The normalized spacial score (nSPS) is 14.7. The van der Waals surface area contributed by atoms with Crippen LogP contribution in [-0.4, -0.2) is 75.2 Å². The number of methoxy groups -OCH3 is 2. The average Bonchev–Trinajstić information content (AvgIpc) is 2.90. The van der Waals surface area contributed by atoms with E-state index in [1.807, 2.05) is 0 Å². The van der Waals surface area contributed by atoms with Crippen molar-refractivity contribution in [2.45, 2.75) is 128 Å². The lowest BCUT2D eigenvalue weighted by atomic mass is 10.1. The van der Waals surface area contributed by atoms with E-state index in [9.17, 15) is 9.59 Å². The second kappa shape index (κ2) is 24.2. The van der Waals surface area contributed by atoms with Crippen molar-refractivity contribution in [2.24, 2.45) is 0 Å². The maximum atomic E-state index is 11.1. The largest absolute Gasteiger partial charge is 0.469 e. The number of ether oxygens (including phenoxy) is 2. The van der Waals surface area contributed by atoms with E-state index >= 15 is 0 Å². The molecule has 6 nitrogen and oxygen atoms in total. The summed E-state index contributed by atoms with van der Waals surface area (Å²) in [6, 6.07) is 0. The summed E-state index contributed by atoms with van der Waals surface area (Å²) in [5.41, 5.74) is 0. The first-order valence-corrected chi connectivity index (χ1v) is 15.2. The Kier molecular flexibility index (Phi) is 22.1. The molecule has 0 unspecified atom stereocenters. The van der Waals surface area contributed by atoms with Crippen LogP contribution in [0.5, 0.6) is 0 Å². The number of unbranched alkanes of at least 4 members (excludes halogenated alkanes) is 16. The van der Waals surface area contributed by atoms with E-state index < -0.39 is 0 Å². The molecular weight excluding hydrogens is 452 g/mol. The fourth-order valence-electron chi connectivity index (χ4n) is 5.12. The third kappa shape index (κ3) is 20.0. The minimum atomic E-state index is -0.0728. The van der Waals surface area contributed by atoms with Crippen LogP contribution < -0.4 is 0 Å². The summed E-state index contributed by atoms with van der Waals surface area (Å²) in [7, 11) is 2.94. The second-order valence-corrected chi connectivity index (χ2v) is 10.7. The highest BCUT2D eigenvalue weighted by molar-refractivity contribution is 5.69. The van der Waals surface area contributed by atoms with Crippen LogP contribution in [0.2, 0.25) is 0 Å². The van der Waals surface area contributed by atoms with Crippen LogP contribution >= 0.6 is 0 Å². The standard InChI is InChI=1S/C30H58N2O4/c1-35-29(33)21-17-13-9-5-3-7-11-15-19-23-31-25-27-32(28-26-31)24-20-16-12-8-4-6-10-14-18-22-30(34)36-2/h3-28H2,1-2H3. The van der Waals surface area contributed by atoms with Gasteiger partial charge in [0.15, 0.2) is 0 Å². The number of nitrogens with zero attached hydrogens (tertiary/aromatic N) is 2. The Morgan fingerprint density at radius 2 is 0.694 bits per heavy atom. The van der Waals surface area contributed by atoms with E-state index in [0.717, 1.165) is 25.7 Å². The van der Waals surface area contributed by atoms with Crippen molar-refractivity contribution < 1.29 is 19.1 Å². The van der Waals surface area contributed by atoms with Gasteiger partial charge in [0.05, 0.1) is 14.2 Å². The molecule has 0 spiro atoms. The van der Waals surface area contributed by atoms with E-state index in [2.05, 4.69) is 19.3 Å². The van der Waals surface area contributed by atoms with Gasteiger partial charge in [-0.25, -0.2) is 0 Å². The third-order valence-electron chi connectivity index (χ3n) is 7.63. The lowest BCUT2D eigenvalue weighted by molar-refractivity contribution is -0.141. The van der Waals surface area contributed by atoms with Gasteiger partial charge in [-0.15, -0.1) is 0 Å². The summed E-state index contributed by atoms with van der Waals surface area (Å²) in [4.78, 5) is 27.5. The molecule has 36 heavy (non-hydrogen) atoms. The molecule has 0 saturated carbocycles. The van der Waals surface area contributed by atoms with Crippen LogP contribution in [-0.2, 0) is 19.1 Å². The van der Waals surface area contributed by atoms with Crippen LogP contribution in [0.25, 0.3) is 0 Å². The predicted octanol–water partition coefficient (Wildman–Crippen LogP) is 6.75. The van der Waals surface area contributed by atoms with E-state index in [1.165, 1.54) is 143 Å². The van der Waals surface area contributed by atoms with Crippen LogP contribution in [0.15, 0.2) is 0 Å². The molecule has 0 amide bonds. The first-order valence-electron chi connectivity index (χ1n) is 15.2. The average molecular weight is 511 g/mol. The molecule has 0 aromatic carbocycles. The minimum Gasteiger partial charge on any atom is -0.469 e. The zero-order chi connectivity index (χ0) is 26.1. The Balaban J connectivity index is 1.79. The molecule has 0 aromatic heterocycles. The van der Waals surface area contributed by atoms with Crippen LogP contribution in [0.3, 0.4) is 0 Å². The Morgan fingerprint density at radius 1 is 0.444 bits per heavy atom. The Morgan fingerprint density at radius 3 is 0.972 bits per heavy atom. The summed E-state index contributed by atoms with van der Waals surface area (Å²) < 4.78 is 9.35. The molecule has 0 aromatic rings. The number of esters is 2. The van der Waals surface area contributed by atoms with Gasteiger partial charge in [0.1, 0.15) is 0 Å². The van der Waals surface area contributed by atoms with E-state index in [0.29, 0.717) is 12.8 Å².